The molecule has 1 atom stereocenters. The maximum absolute atomic E-state index is 13.0. The molecule has 2 aliphatic rings. The number of likely N-dealkylation sites (tertiary alicyclic amines) is 1. The molecular formula is C27H27ClN10O2. The number of carbonyl (C=O) groups excluding carboxylic acids is 2. The highest BCUT2D eigenvalue weighted by molar-refractivity contribution is 6.32. The van der Waals surface area contributed by atoms with Gasteiger partial charge in [0, 0.05) is 49.9 Å². The summed E-state index contributed by atoms with van der Waals surface area (Å²) in [6.07, 6.45) is 10.3. The number of halogens is 1. The SMILES string of the molecule is Cn1cc(C(=O)N2CC[C@H](NC(=O)Nc3ccc4cc3CCc3cncc(c3)Nc3ncc(Cl)c(n3)N4)C2)cn1. The highest BCUT2D eigenvalue weighted by atomic mass is 35.5. The Morgan fingerprint density at radius 2 is 1.98 bits per heavy atom. The average molecular weight is 559 g/mol. The average Bonchev–Trinajstić information content (AvgIpc) is 3.59. The van der Waals surface area contributed by atoms with Gasteiger partial charge in [0.1, 0.15) is 5.02 Å². The van der Waals surface area contributed by atoms with Gasteiger partial charge < -0.3 is 26.2 Å². The first-order valence-corrected chi connectivity index (χ1v) is 13.3. The molecule has 4 N–H and O–H groups in total. The molecule has 204 valence electrons. The molecule has 3 aromatic heterocycles. The van der Waals surface area contributed by atoms with Gasteiger partial charge in [-0.1, -0.05) is 11.6 Å². The van der Waals surface area contributed by atoms with E-state index >= 15 is 0 Å². The van der Waals surface area contributed by atoms with Crippen LogP contribution in [0.3, 0.4) is 0 Å². The number of nitrogens with one attached hydrogen (secondary N) is 4. The fourth-order valence-electron chi connectivity index (χ4n) is 4.87. The lowest BCUT2D eigenvalue weighted by atomic mass is 10.0. The molecule has 6 rings (SSSR count). The van der Waals surface area contributed by atoms with Crippen LogP contribution < -0.4 is 21.3 Å². The van der Waals surface area contributed by atoms with Crippen molar-refractivity contribution in [3.8, 4) is 0 Å². The maximum Gasteiger partial charge on any atom is 0.319 e. The predicted molar refractivity (Wildman–Crippen MR) is 151 cm³/mol. The monoisotopic (exact) mass is 558 g/mol. The molecule has 0 saturated carbocycles. The standard InChI is InChI=1S/C27H27ClN10O2/c1-37-14-18(11-31-37)25(39)38-7-6-20(15-38)34-27(40)35-23-5-4-19-9-17(23)3-2-16-8-21(12-29-10-16)33-26-30-13-22(28)24(32-19)36-26/h4-5,8-14,20H,2-3,6-7,15H2,1H3,(H2,34,35,40)(H2,30,32,33,36)/t20-/m0/s1. The van der Waals surface area contributed by atoms with Crippen molar-refractivity contribution in [2.24, 2.45) is 7.05 Å². The third kappa shape index (κ3) is 5.66. The minimum atomic E-state index is -0.322. The van der Waals surface area contributed by atoms with Crippen LogP contribution in [0.25, 0.3) is 0 Å². The topological polar surface area (TPSA) is 142 Å². The van der Waals surface area contributed by atoms with Crippen LogP contribution in [-0.4, -0.2) is 60.7 Å². The van der Waals surface area contributed by atoms with Gasteiger partial charge >= 0.3 is 6.03 Å². The molecule has 40 heavy (non-hydrogen) atoms. The van der Waals surface area contributed by atoms with Crippen molar-refractivity contribution >= 4 is 52.4 Å². The number of anilines is 5. The number of rotatable bonds is 3. The van der Waals surface area contributed by atoms with Gasteiger partial charge in [0.25, 0.3) is 5.91 Å². The molecule has 6 bridgehead atoms. The third-order valence-corrected chi connectivity index (χ3v) is 7.13. The predicted octanol–water partition coefficient (Wildman–Crippen LogP) is 3.88. The van der Waals surface area contributed by atoms with E-state index in [1.807, 2.05) is 30.5 Å². The van der Waals surface area contributed by atoms with E-state index in [1.54, 1.807) is 35.2 Å². The van der Waals surface area contributed by atoms with Crippen molar-refractivity contribution in [1.82, 2.24) is 34.9 Å². The molecule has 1 aromatic carbocycles. The lowest BCUT2D eigenvalue weighted by molar-refractivity contribution is 0.0789. The van der Waals surface area contributed by atoms with Crippen LogP contribution in [0.2, 0.25) is 5.02 Å². The number of benzene rings is 1. The van der Waals surface area contributed by atoms with Gasteiger partial charge in [-0.3, -0.25) is 14.5 Å². The van der Waals surface area contributed by atoms with E-state index < -0.39 is 0 Å². The van der Waals surface area contributed by atoms with Crippen molar-refractivity contribution in [2.45, 2.75) is 25.3 Å². The first-order chi connectivity index (χ1) is 19.4. The highest BCUT2D eigenvalue weighted by Crippen LogP contribution is 2.29. The Hall–Kier alpha value is -4.71. The third-order valence-electron chi connectivity index (χ3n) is 6.86. The zero-order chi connectivity index (χ0) is 27.6. The number of aromatic nitrogens is 5. The Bertz CT molecular complexity index is 1590. The quantitative estimate of drug-likeness (QED) is 0.297. The van der Waals surface area contributed by atoms with Gasteiger partial charge in [0.05, 0.1) is 29.8 Å². The molecule has 0 aliphatic carbocycles. The number of nitrogens with zero attached hydrogens (tertiary/aromatic N) is 6. The molecule has 0 spiro atoms. The van der Waals surface area contributed by atoms with Crippen LogP contribution >= 0.6 is 11.6 Å². The minimum absolute atomic E-state index is 0.0863. The normalized spacial score (nSPS) is 16.1. The summed E-state index contributed by atoms with van der Waals surface area (Å²) in [5.74, 6) is 0.767. The lowest BCUT2D eigenvalue weighted by Crippen LogP contribution is -2.40. The van der Waals surface area contributed by atoms with E-state index in [2.05, 4.69) is 41.3 Å². The zero-order valence-corrected chi connectivity index (χ0v) is 22.4. The molecule has 12 nitrogen and oxygen atoms in total. The van der Waals surface area contributed by atoms with Crippen LogP contribution in [0.1, 0.15) is 27.9 Å². The Labute approximate surface area is 235 Å². The molecule has 13 heteroatoms. The van der Waals surface area contributed by atoms with E-state index in [4.69, 9.17) is 11.6 Å². The fourth-order valence-corrected chi connectivity index (χ4v) is 5.01. The van der Waals surface area contributed by atoms with Crippen molar-refractivity contribution in [1.29, 1.82) is 0 Å². The summed E-state index contributed by atoms with van der Waals surface area (Å²) in [7, 11) is 1.77. The van der Waals surface area contributed by atoms with Gasteiger partial charge in [0.15, 0.2) is 5.82 Å². The van der Waals surface area contributed by atoms with Crippen LogP contribution in [-0.2, 0) is 19.9 Å². The summed E-state index contributed by atoms with van der Waals surface area (Å²) < 4.78 is 1.60. The first kappa shape index (κ1) is 25.6. The zero-order valence-electron chi connectivity index (χ0n) is 21.7. The maximum atomic E-state index is 13.0. The van der Waals surface area contributed by atoms with Crippen molar-refractivity contribution in [3.05, 3.63) is 77.0 Å². The van der Waals surface area contributed by atoms with Gasteiger partial charge in [-0.2, -0.15) is 10.1 Å². The van der Waals surface area contributed by atoms with E-state index in [1.165, 1.54) is 6.20 Å². The molecule has 5 heterocycles. The van der Waals surface area contributed by atoms with Gasteiger partial charge in [-0.05, 0) is 54.7 Å². The number of aryl methyl sites for hydroxylation is 3. The molecule has 3 amide bonds. The molecule has 2 aliphatic heterocycles. The minimum Gasteiger partial charge on any atom is -0.339 e. The van der Waals surface area contributed by atoms with Gasteiger partial charge in [0.2, 0.25) is 5.95 Å². The van der Waals surface area contributed by atoms with Crippen LogP contribution in [0.15, 0.2) is 55.2 Å². The Balaban J connectivity index is 1.18. The number of fused-ring (bicyclic) bond motifs is 6. The first-order valence-electron chi connectivity index (χ1n) is 12.9. The molecular weight excluding hydrogens is 532 g/mol. The number of urea groups is 1. The molecule has 0 radical (unpaired) electrons. The van der Waals surface area contributed by atoms with Crippen LogP contribution in [0, 0.1) is 0 Å². The van der Waals surface area contributed by atoms with Crippen molar-refractivity contribution < 1.29 is 9.59 Å². The van der Waals surface area contributed by atoms with Gasteiger partial charge in [-0.25, -0.2) is 9.78 Å². The second kappa shape index (κ2) is 10.8. The Morgan fingerprint density at radius 1 is 1.07 bits per heavy atom. The van der Waals surface area contributed by atoms with Crippen molar-refractivity contribution in [3.63, 3.8) is 0 Å². The van der Waals surface area contributed by atoms with E-state index in [0.717, 1.165) is 22.5 Å². The summed E-state index contributed by atoms with van der Waals surface area (Å²) in [5.41, 5.74) is 4.73. The summed E-state index contributed by atoms with van der Waals surface area (Å²) in [4.78, 5) is 40.6. The largest absolute Gasteiger partial charge is 0.339 e. The summed E-state index contributed by atoms with van der Waals surface area (Å²) in [6.45, 7) is 1.01. The highest BCUT2D eigenvalue weighted by Gasteiger charge is 2.28. The van der Waals surface area contributed by atoms with E-state index in [-0.39, 0.29) is 18.0 Å². The smallest absolute Gasteiger partial charge is 0.319 e. The summed E-state index contributed by atoms with van der Waals surface area (Å²) >= 11 is 6.36. The fraction of sp³-hybridized carbons (Fsp3) is 0.259. The number of hydrogen-bond acceptors (Lipinski definition) is 8. The molecule has 1 saturated heterocycles. The van der Waals surface area contributed by atoms with E-state index in [0.29, 0.717) is 60.4 Å². The van der Waals surface area contributed by atoms with Crippen molar-refractivity contribution in [2.75, 3.05) is 29.0 Å². The number of hydrogen-bond donors (Lipinski definition) is 4. The number of amides is 3. The van der Waals surface area contributed by atoms with Crippen LogP contribution in [0.4, 0.5) is 33.6 Å². The number of pyridine rings is 1. The van der Waals surface area contributed by atoms with Gasteiger partial charge in [-0.15, -0.1) is 0 Å². The van der Waals surface area contributed by atoms with Crippen LogP contribution in [0.5, 0.6) is 0 Å². The number of carbonyl (C=O) groups is 2. The van der Waals surface area contributed by atoms with E-state index in [9.17, 15) is 9.59 Å². The lowest BCUT2D eigenvalue weighted by Gasteiger charge is -2.18. The Morgan fingerprint density at radius 3 is 2.83 bits per heavy atom. The second-order valence-electron chi connectivity index (χ2n) is 9.83. The Kier molecular flexibility index (Phi) is 6.91. The molecule has 4 aromatic rings. The summed E-state index contributed by atoms with van der Waals surface area (Å²) in [6, 6.07) is 7.21. The second-order valence-corrected chi connectivity index (χ2v) is 10.2. The molecule has 1 fully saturated rings. The molecule has 0 unspecified atom stereocenters. The summed E-state index contributed by atoms with van der Waals surface area (Å²) in [5, 5.41) is 16.9.